The Bertz CT molecular complexity index is 1340. The number of aromatic nitrogens is 3. The van der Waals surface area contributed by atoms with Crippen LogP contribution in [0.2, 0.25) is 0 Å². The van der Waals surface area contributed by atoms with Crippen LogP contribution in [0.1, 0.15) is 20.9 Å². The molecule has 30 heavy (non-hydrogen) atoms. The van der Waals surface area contributed by atoms with Crippen molar-refractivity contribution in [3.63, 3.8) is 0 Å². The largest absolute Gasteiger partial charge is 0.321 e. The molecule has 5 rings (SSSR count). The van der Waals surface area contributed by atoms with Gasteiger partial charge in [-0.3, -0.25) is 4.79 Å². The van der Waals surface area contributed by atoms with E-state index in [1.165, 1.54) is 11.3 Å². The molecule has 0 aliphatic rings. The maximum Gasteiger partial charge on any atom is 0.267 e. The maximum atomic E-state index is 12.9. The van der Waals surface area contributed by atoms with Crippen LogP contribution in [0.3, 0.4) is 0 Å². The number of nitrogens with one attached hydrogen (secondary N) is 1. The number of rotatable bonds is 4. The Balaban J connectivity index is 1.39. The molecular formula is C22H16N4OS3. The number of hydrogen-bond donors (Lipinski definition) is 1. The molecule has 148 valence electrons. The number of thiazole rings is 2. The minimum Gasteiger partial charge on any atom is -0.321 e. The van der Waals surface area contributed by atoms with Crippen molar-refractivity contribution in [3.05, 3.63) is 70.2 Å². The molecule has 0 aliphatic heterocycles. The molecule has 8 heteroatoms. The van der Waals surface area contributed by atoms with Crippen LogP contribution in [-0.2, 0) is 0 Å². The zero-order valence-electron chi connectivity index (χ0n) is 16.2. The predicted molar refractivity (Wildman–Crippen MR) is 126 cm³/mol. The number of pyridine rings is 1. The zero-order chi connectivity index (χ0) is 20.7. The van der Waals surface area contributed by atoms with E-state index in [1.807, 2.05) is 61.7 Å². The van der Waals surface area contributed by atoms with E-state index in [9.17, 15) is 4.79 Å². The van der Waals surface area contributed by atoms with Crippen molar-refractivity contribution in [2.24, 2.45) is 0 Å². The molecule has 0 atom stereocenters. The summed E-state index contributed by atoms with van der Waals surface area (Å²) >= 11 is 4.61. The van der Waals surface area contributed by atoms with Crippen molar-refractivity contribution >= 4 is 56.0 Å². The zero-order valence-corrected chi connectivity index (χ0v) is 18.6. The van der Waals surface area contributed by atoms with Crippen LogP contribution in [0.25, 0.3) is 30.8 Å². The summed E-state index contributed by atoms with van der Waals surface area (Å²) in [7, 11) is 0. The molecule has 0 bridgehead atoms. The van der Waals surface area contributed by atoms with E-state index in [-0.39, 0.29) is 5.91 Å². The van der Waals surface area contributed by atoms with Gasteiger partial charge in [0.1, 0.15) is 25.2 Å². The molecule has 1 N–H and O–H groups in total. The van der Waals surface area contributed by atoms with Gasteiger partial charge in [-0.1, -0.05) is 17.4 Å². The summed E-state index contributed by atoms with van der Waals surface area (Å²) in [4.78, 5) is 29.1. The number of carbonyl (C=O) groups is 1. The number of nitrogens with zero attached hydrogens (tertiary/aromatic N) is 3. The van der Waals surface area contributed by atoms with Gasteiger partial charge in [0.25, 0.3) is 5.91 Å². The highest BCUT2D eigenvalue weighted by molar-refractivity contribution is 7.22. The number of anilines is 1. The molecule has 0 fully saturated rings. The highest BCUT2D eigenvalue weighted by atomic mass is 32.1. The van der Waals surface area contributed by atoms with Crippen molar-refractivity contribution in [2.75, 3.05) is 5.32 Å². The van der Waals surface area contributed by atoms with Gasteiger partial charge in [-0.05, 0) is 61.2 Å². The van der Waals surface area contributed by atoms with E-state index in [2.05, 4.69) is 20.3 Å². The van der Waals surface area contributed by atoms with Crippen LogP contribution in [0, 0.1) is 13.8 Å². The molecule has 4 aromatic heterocycles. The van der Waals surface area contributed by atoms with Crippen molar-refractivity contribution in [1.82, 2.24) is 15.0 Å². The lowest BCUT2D eigenvalue weighted by Crippen LogP contribution is -2.12. The molecule has 0 radical (unpaired) electrons. The van der Waals surface area contributed by atoms with E-state index < -0.39 is 0 Å². The van der Waals surface area contributed by atoms with E-state index in [0.717, 1.165) is 47.7 Å². The summed E-state index contributed by atoms with van der Waals surface area (Å²) in [5, 5.41) is 6.85. The van der Waals surface area contributed by atoms with Gasteiger partial charge in [-0.25, -0.2) is 15.0 Å². The molecule has 5 aromatic rings. The summed E-state index contributed by atoms with van der Waals surface area (Å²) in [5.41, 5.74) is 4.43. The average molecular weight is 449 g/mol. The Morgan fingerprint density at radius 1 is 1.00 bits per heavy atom. The van der Waals surface area contributed by atoms with Crippen LogP contribution in [0.15, 0.2) is 54.0 Å². The third-order valence-electron chi connectivity index (χ3n) is 4.62. The van der Waals surface area contributed by atoms with Gasteiger partial charge in [0.05, 0.1) is 10.6 Å². The highest BCUT2D eigenvalue weighted by Crippen LogP contribution is 2.33. The Morgan fingerprint density at radius 3 is 2.67 bits per heavy atom. The van der Waals surface area contributed by atoms with Gasteiger partial charge in [0.15, 0.2) is 0 Å². The molecule has 1 amide bonds. The molecule has 0 spiro atoms. The number of aryl methyl sites for hydroxylation is 2. The number of fused-ring (bicyclic) bond motifs is 1. The van der Waals surface area contributed by atoms with Gasteiger partial charge in [0, 0.05) is 17.4 Å². The lowest BCUT2D eigenvalue weighted by molar-refractivity contribution is 0.102. The Hall–Kier alpha value is -2.94. The van der Waals surface area contributed by atoms with E-state index in [1.54, 1.807) is 28.9 Å². The van der Waals surface area contributed by atoms with Crippen molar-refractivity contribution < 1.29 is 4.79 Å². The number of carbonyl (C=O) groups excluding carboxylic acids is 1. The first-order valence-corrected chi connectivity index (χ1v) is 11.7. The van der Waals surface area contributed by atoms with E-state index in [4.69, 9.17) is 0 Å². The molecule has 0 aliphatic carbocycles. The SMILES string of the molecule is Cc1cc(-c2nc3cccnc3s2)ccc1NC(=O)c1sc(-c2cccs2)nc1C. The van der Waals surface area contributed by atoms with Crippen molar-refractivity contribution in [1.29, 1.82) is 0 Å². The first kappa shape index (κ1) is 19.0. The van der Waals surface area contributed by atoms with Crippen LogP contribution in [0.5, 0.6) is 0 Å². The third-order valence-corrected chi connectivity index (χ3v) is 7.85. The Labute approximate surface area is 185 Å². The minimum atomic E-state index is -0.132. The van der Waals surface area contributed by atoms with Crippen LogP contribution in [0.4, 0.5) is 5.69 Å². The summed E-state index contributed by atoms with van der Waals surface area (Å²) in [6.45, 7) is 3.86. The molecular weight excluding hydrogens is 432 g/mol. The number of amides is 1. The highest BCUT2D eigenvalue weighted by Gasteiger charge is 2.18. The second kappa shape index (κ2) is 7.71. The summed E-state index contributed by atoms with van der Waals surface area (Å²) < 4.78 is 0. The summed E-state index contributed by atoms with van der Waals surface area (Å²) in [6, 6.07) is 13.8. The molecule has 0 saturated heterocycles. The van der Waals surface area contributed by atoms with E-state index >= 15 is 0 Å². The molecule has 0 saturated carbocycles. The van der Waals surface area contributed by atoms with Crippen molar-refractivity contribution in [3.8, 4) is 20.5 Å². The second-order valence-electron chi connectivity index (χ2n) is 6.74. The summed E-state index contributed by atoms with van der Waals surface area (Å²) in [5.74, 6) is -0.132. The fraction of sp³-hybridized carbons (Fsp3) is 0.0909. The first-order valence-electron chi connectivity index (χ1n) is 9.24. The van der Waals surface area contributed by atoms with Crippen LogP contribution >= 0.6 is 34.0 Å². The van der Waals surface area contributed by atoms with Gasteiger partial charge in [-0.2, -0.15) is 0 Å². The first-order chi connectivity index (χ1) is 14.6. The topological polar surface area (TPSA) is 67.8 Å². The standard InChI is InChI=1S/C22H16N4OS3/c1-12-11-14(20-26-16-5-3-9-23-21(16)30-20)7-8-15(12)25-19(27)18-13(2)24-22(29-18)17-6-4-10-28-17/h3-11H,1-2H3,(H,25,27). The smallest absolute Gasteiger partial charge is 0.267 e. The Morgan fingerprint density at radius 2 is 1.90 bits per heavy atom. The third kappa shape index (κ3) is 3.54. The van der Waals surface area contributed by atoms with Gasteiger partial charge >= 0.3 is 0 Å². The molecule has 0 unspecified atom stereocenters. The predicted octanol–water partition coefficient (Wildman–Crippen LogP) is 6.41. The average Bonchev–Trinajstić information content (AvgIpc) is 3.48. The van der Waals surface area contributed by atoms with E-state index in [0.29, 0.717) is 4.88 Å². The van der Waals surface area contributed by atoms with Gasteiger partial charge in [-0.15, -0.1) is 22.7 Å². The van der Waals surface area contributed by atoms with Crippen LogP contribution in [-0.4, -0.2) is 20.9 Å². The fourth-order valence-corrected chi connectivity index (χ4v) is 5.78. The Kier molecular flexibility index (Phi) is 4.90. The maximum absolute atomic E-state index is 12.9. The van der Waals surface area contributed by atoms with Crippen molar-refractivity contribution in [2.45, 2.75) is 13.8 Å². The number of benzene rings is 1. The fourth-order valence-electron chi connectivity index (χ4n) is 3.12. The molecule has 1 aromatic carbocycles. The van der Waals surface area contributed by atoms with Gasteiger partial charge in [0.2, 0.25) is 0 Å². The lowest BCUT2D eigenvalue weighted by atomic mass is 10.1. The second-order valence-corrected chi connectivity index (χ2v) is 9.67. The number of thiophene rings is 1. The summed E-state index contributed by atoms with van der Waals surface area (Å²) in [6.07, 6.45) is 1.78. The molecule has 4 heterocycles. The minimum absolute atomic E-state index is 0.132. The normalized spacial score (nSPS) is 11.1. The lowest BCUT2D eigenvalue weighted by Gasteiger charge is -2.09. The van der Waals surface area contributed by atoms with Gasteiger partial charge < -0.3 is 5.32 Å². The quantitative estimate of drug-likeness (QED) is 0.345. The van der Waals surface area contributed by atoms with Crippen LogP contribution < -0.4 is 5.32 Å². The monoisotopic (exact) mass is 448 g/mol. The number of hydrogen-bond acceptors (Lipinski definition) is 7. The molecule has 5 nitrogen and oxygen atoms in total.